The van der Waals surface area contributed by atoms with Gasteiger partial charge in [-0.05, 0) is 36.2 Å². The number of unbranched alkanes of at least 4 members (excludes halogenated alkanes) is 3. The van der Waals surface area contributed by atoms with E-state index in [9.17, 15) is 9.90 Å². The molecule has 0 fully saturated rings. The summed E-state index contributed by atoms with van der Waals surface area (Å²) in [4.78, 5) is 10.5. The Hall–Kier alpha value is -0.770. The summed E-state index contributed by atoms with van der Waals surface area (Å²) in [6.45, 7) is 2.85. The van der Waals surface area contributed by atoms with Gasteiger partial charge in [-0.1, -0.05) is 26.2 Å². The average molecular weight is 329 g/mol. The molecule has 1 rings (SSSR count). The van der Waals surface area contributed by atoms with Gasteiger partial charge < -0.3 is 14.6 Å². The molecule has 0 aliphatic carbocycles. The molecule has 0 saturated carbocycles. The molecule has 0 unspecified atom stereocenters. The third-order valence-electron chi connectivity index (χ3n) is 2.36. The van der Waals surface area contributed by atoms with Crippen molar-refractivity contribution in [2.75, 3.05) is 6.61 Å². The molecule has 0 bridgehead atoms. The van der Waals surface area contributed by atoms with E-state index in [4.69, 9.17) is 4.74 Å². The smallest absolute Gasteiger partial charge is 0.545 e. The molecule has 1 aromatic carbocycles. The molecular formula is C13H17AgO3. The number of benzene rings is 1. The van der Waals surface area contributed by atoms with Crippen LogP contribution in [0.25, 0.3) is 0 Å². The summed E-state index contributed by atoms with van der Waals surface area (Å²) < 4.78 is 5.47. The number of ether oxygens (including phenoxy) is 1. The zero-order chi connectivity index (χ0) is 11.8. The number of hydrogen-bond acceptors (Lipinski definition) is 3. The van der Waals surface area contributed by atoms with Crippen LogP contribution in [0.3, 0.4) is 0 Å². The number of carbonyl (C=O) groups excluding carboxylic acids is 1. The summed E-state index contributed by atoms with van der Waals surface area (Å²) in [6.07, 6.45) is 4.65. The van der Waals surface area contributed by atoms with E-state index in [2.05, 4.69) is 6.92 Å². The molecule has 17 heavy (non-hydrogen) atoms. The molecule has 0 saturated heterocycles. The van der Waals surface area contributed by atoms with Gasteiger partial charge in [0.05, 0.1) is 12.6 Å². The van der Waals surface area contributed by atoms with Gasteiger partial charge in [-0.3, -0.25) is 0 Å². The van der Waals surface area contributed by atoms with Crippen molar-refractivity contribution in [1.82, 2.24) is 0 Å². The van der Waals surface area contributed by atoms with Crippen molar-refractivity contribution in [3.63, 3.8) is 0 Å². The third-order valence-corrected chi connectivity index (χ3v) is 2.36. The number of carboxylic acids is 1. The summed E-state index contributed by atoms with van der Waals surface area (Å²) in [5.41, 5.74) is 0.179. The topological polar surface area (TPSA) is 49.4 Å². The summed E-state index contributed by atoms with van der Waals surface area (Å²) in [7, 11) is 0. The molecular weight excluding hydrogens is 312 g/mol. The van der Waals surface area contributed by atoms with E-state index < -0.39 is 5.97 Å². The van der Waals surface area contributed by atoms with Crippen LogP contribution in [-0.4, -0.2) is 12.6 Å². The van der Waals surface area contributed by atoms with Crippen LogP contribution in [-0.2, 0) is 22.4 Å². The van der Waals surface area contributed by atoms with Crippen molar-refractivity contribution in [1.29, 1.82) is 0 Å². The molecule has 0 heterocycles. The SMILES string of the molecule is CCCCCCOc1ccc(C(=O)[O-])cc1.[Ag+]. The van der Waals surface area contributed by atoms with Crippen molar-refractivity contribution in [3.8, 4) is 5.75 Å². The van der Waals surface area contributed by atoms with Crippen LogP contribution < -0.4 is 9.84 Å². The quantitative estimate of drug-likeness (QED) is 0.568. The number of carboxylic acid groups (broad SMARTS) is 1. The standard InChI is InChI=1S/C13H18O3.Ag/c1-2-3-4-5-10-16-12-8-6-11(7-9-12)13(14)15;/h6-9H,2-5,10H2,1H3,(H,14,15);/q;+1/p-1. The molecule has 1 aromatic rings. The Kier molecular flexibility index (Phi) is 8.86. The Morgan fingerprint density at radius 1 is 1.18 bits per heavy atom. The summed E-state index contributed by atoms with van der Waals surface area (Å²) >= 11 is 0. The van der Waals surface area contributed by atoms with Gasteiger partial charge in [0.2, 0.25) is 0 Å². The predicted octanol–water partition coefficient (Wildman–Crippen LogP) is 2.01. The van der Waals surface area contributed by atoms with E-state index in [1.54, 1.807) is 12.1 Å². The van der Waals surface area contributed by atoms with E-state index in [1.165, 1.54) is 31.4 Å². The molecule has 3 nitrogen and oxygen atoms in total. The number of rotatable bonds is 7. The first-order valence-corrected chi connectivity index (χ1v) is 5.68. The summed E-state index contributed by atoms with van der Waals surface area (Å²) in [5.74, 6) is -0.448. The molecule has 0 atom stereocenters. The Bertz CT molecular complexity index is 322. The van der Waals surface area contributed by atoms with Gasteiger partial charge in [0, 0.05) is 0 Å². The normalized spacial score (nSPS) is 9.47. The largest absolute Gasteiger partial charge is 1.00 e. The van der Waals surface area contributed by atoms with E-state index >= 15 is 0 Å². The van der Waals surface area contributed by atoms with Crippen LogP contribution in [0.15, 0.2) is 24.3 Å². The zero-order valence-electron chi connectivity index (χ0n) is 9.87. The zero-order valence-corrected chi connectivity index (χ0v) is 11.4. The number of carbonyl (C=O) groups is 1. The molecule has 0 aliphatic heterocycles. The molecule has 4 heteroatoms. The maximum Gasteiger partial charge on any atom is 1.00 e. The fraction of sp³-hybridized carbons (Fsp3) is 0.462. The Balaban J connectivity index is 0.00000256. The second kappa shape index (κ2) is 9.28. The van der Waals surface area contributed by atoms with Crippen LogP contribution in [0.4, 0.5) is 0 Å². The Morgan fingerprint density at radius 3 is 2.35 bits per heavy atom. The molecule has 0 aromatic heterocycles. The van der Waals surface area contributed by atoms with Crippen LogP contribution in [0.1, 0.15) is 43.0 Å². The van der Waals surface area contributed by atoms with Gasteiger partial charge in [0.25, 0.3) is 0 Å². The fourth-order valence-electron chi connectivity index (χ4n) is 1.41. The van der Waals surface area contributed by atoms with E-state index in [0.717, 1.165) is 6.42 Å². The minimum absolute atomic E-state index is 0. The van der Waals surface area contributed by atoms with E-state index in [1.807, 2.05) is 0 Å². The third kappa shape index (κ3) is 6.51. The van der Waals surface area contributed by atoms with Gasteiger partial charge in [-0.25, -0.2) is 0 Å². The number of hydrogen-bond donors (Lipinski definition) is 0. The van der Waals surface area contributed by atoms with Crippen molar-refractivity contribution >= 4 is 5.97 Å². The van der Waals surface area contributed by atoms with Crippen LogP contribution in [0.2, 0.25) is 0 Å². The van der Waals surface area contributed by atoms with Crippen molar-refractivity contribution in [2.24, 2.45) is 0 Å². The monoisotopic (exact) mass is 328 g/mol. The second-order valence-corrected chi connectivity index (χ2v) is 3.72. The minimum atomic E-state index is -1.16. The van der Waals surface area contributed by atoms with E-state index in [0.29, 0.717) is 12.4 Å². The first kappa shape index (κ1) is 16.2. The molecule has 0 amide bonds. The summed E-state index contributed by atoms with van der Waals surface area (Å²) in [6, 6.07) is 6.31. The van der Waals surface area contributed by atoms with Crippen molar-refractivity contribution in [3.05, 3.63) is 29.8 Å². The molecule has 0 N–H and O–H groups in total. The second-order valence-electron chi connectivity index (χ2n) is 3.72. The number of aromatic carboxylic acids is 1. The van der Waals surface area contributed by atoms with Crippen LogP contribution in [0.5, 0.6) is 5.75 Å². The fourth-order valence-corrected chi connectivity index (χ4v) is 1.41. The maximum atomic E-state index is 10.5. The molecule has 0 spiro atoms. The first-order chi connectivity index (χ1) is 7.74. The van der Waals surface area contributed by atoms with Crippen LogP contribution in [0, 0.1) is 0 Å². The molecule has 0 aliphatic rings. The average Bonchev–Trinajstić information content (AvgIpc) is 2.29. The van der Waals surface area contributed by atoms with Gasteiger partial charge in [0.1, 0.15) is 5.75 Å². The maximum absolute atomic E-state index is 10.5. The summed E-state index contributed by atoms with van der Waals surface area (Å²) in [5, 5.41) is 10.5. The van der Waals surface area contributed by atoms with Gasteiger partial charge in [0.15, 0.2) is 0 Å². The molecule has 98 valence electrons. The van der Waals surface area contributed by atoms with Gasteiger partial charge in [-0.15, -0.1) is 0 Å². The Labute approximate surface area is 118 Å². The van der Waals surface area contributed by atoms with Gasteiger partial charge >= 0.3 is 22.4 Å². The van der Waals surface area contributed by atoms with Crippen LogP contribution >= 0.6 is 0 Å². The van der Waals surface area contributed by atoms with Gasteiger partial charge in [-0.2, -0.15) is 0 Å². The first-order valence-electron chi connectivity index (χ1n) is 5.68. The molecule has 0 radical (unpaired) electrons. The predicted molar refractivity (Wildman–Crippen MR) is 60.4 cm³/mol. The van der Waals surface area contributed by atoms with Crippen molar-refractivity contribution in [2.45, 2.75) is 32.6 Å². The Morgan fingerprint density at radius 2 is 1.82 bits per heavy atom. The minimum Gasteiger partial charge on any atom is -0.545 e. The van der Waals surface area contributed by atoms with E-state index in [-0.39, 0.29) is 27.9 Å². The van der Waals surface area contributed by atoms with Crippen molar-refractivity contribution < 1.29 is 37.0 Å².